The highest BCUT2D eigenvalue weighted by molar-refractivity contribution is 7.27. The highest BCUT2D eigenvalue weighted by Gasteiger charge is 2.20. The molecule has 3 N–H and O–H groups in total. The third-order valence-corrected chi connectivity index (χ3v) is 4.38. The SMILES string of the molecule is CC(C)OC(Cc1ccc(P)c(COC(=O)Nc2ccc(O)cc2)c1)C(=O)O. The minimum absolute atomic E-state index is 0.0271. The van der Waals surface area contributed by atoms with Crippen molar-refractivity contribution in [2.45, 2.75) is 39.1 Å². The second kappa shape index (κ2) is 10.1. The summed E-state index contributed by atoms with van der Waals surface area (Å²) in [4.78, 5) is 23.3. The molecule has 0 aliphatic heterocycles. The summed E-state index contributed by atoms with van der Waals surface area (Å²) in [6, 6.07) is 11.5. The van der Waals surface area contributed by atoms with E-state index >= 15 is 0 Å². The fourth-order valence-corrected chi connectivity index (χ4v) is 2.75. The Morgan fingerprint density at radius 1 is 1.14 bits per heavy atom. The van der Waals surface area contributed by atoms with Crippen LogP contribution in [-0.4, -0.2) is 34.5 Å². The third kappa shape index (κ3) is 6.83. The zero-order valence-electron chi connectivity index (χ0n) is 15.7. The van der Waals surface area contributed by atoms with E-state index in [0.717, 1.165) is 16.4 Å². The normalized spacial score (nSPS) is 11.9. The lowest BCUT2D eigenvalue weighted by molar-refractivity contribution is -0.153. The molecule has 0 radical (unpaired) electrons. The molecule has 28 heavy (non-hydrogen) atoms. The number of benzene rings is 2. The van der Waals surface area contributed by atoms with Crippen molar-refractivity contribution in [1.82, 2.24) is 0 Å². The summed E-state index contributed by atoms with van der Waals surface area (Å²) < 4.78 is 10.7. The molecule has 0 spiro atoms. The highest BCUT2D eigenvalue weighted by Crippen LogP contribution is 2.15. The molecule has 1 amide bonds. The van der Waals surface area contributed by atoms with Gasteiger partial charge in [0.1, 0.15) is 12.4 Å². The van der Waals surface area contributed by atoms with E-state index in [2.05, 4.69) is 14.6 Å². The number of carbonyl (C=O) groups is 2. The smallest absolute Gasteiger partial charge is 0.411 e. The number of carbonyl (C=O) groups excluding carboxylic acids is 1. The van der Waals surface area contributed by atoms with Gasteiger partial charge in [-0.2, -0.15) is 0 Å². The maximum absolute atomic E-state index is 12.0. The van der Waals surface area contributed by atoms with E-state index in [1.807, 2.05) is 12.1 Å². The van der Waals surface area contributed by atoms with Gasteiger partial charge in [0.25, 0.3) is 0 Å². The van der Waals surface area contributed by atoms with Gasteiger partial charge in [-0.25, -0.2) is 9.59 Å². The number of carboxylic acids is 1. The molecule has 2 rings (SSSR count). The highest BCUT2D eigenvalue weighted by atomic mass is 31.0. The molecule has 0 saturated heterocycles. The summed E-state index contributed by atoms with van der Waals surface area (Å²) in [5.41, 5.74) is 2.02. The second-order valence-corrected chi connectivity index (χ2v) is 7.12. The van der Waals surface area contributed by atoms with Gasteiger partial charge in [-0.1, -0.05) is 18.2 Å². The topological polar surface area (TPSA) is 105 Å². The van der Waals surface area contributed by atoms with Gasteiger partial charge < -0.3 is 19.7 Å². The Kier molecular flexibility index (Phi) is 7.79. The minimum atomic E-state index is -1.02. The summed E-state index contributed by atoms with van der Waals surface area (Å²) in [6.45, 7) is 3.60. The van der Waals surface area contributed by atoms with Crippen molar-refractivity contribution in [3.63, 3.8) is 0 Å². The maximum atomic E-state index is 12.0. The first-order valence-corrected chi connectivity index (χ1v) is 9.30. The van der Waals surface area contributed by atoms with Gasteiger partial charge in [0.05, 0.1) is 6.10 Å². The lowest BCUT2D eigenvalue weighted by Crippen LogP contribution is -2.29. The van der Waals surface area contributed by atoms with Crippen molar-refractivity contribution in [2.24, 2.45) is 0 Å². The number of ether oxygens (including phenoxy) is 2. The van der Waals surface area contributed by atoms with Crippen LogP contribution in [0.25, 0.3) is 0 Å². The largest absolute Gasteiger partial charge is 0.508 e. The number of carboxylic acid groups (broad SMARTS) is 1. The van der Waals surface area contributed by atoms with Gasteiger partial charge in [0.2, 0.25) is 0 Å². The van der Waals surface area contributed by atoms with E-state index in [1.165, 1.54) is 12.1 Å². The number of rotatable bonds is 8. The van der Waals surface area contributed by atoms with Gasteiger partial charge in [0, 0.05) is 12.1 Å². The van der Waals surface area contributed by atoms with Gasteiger partial charge in [-0.05, 0) is 54.5 Å². The lowest BCUT2D eigenvalue weighted by Gasteiger charge is -2.17. The van der Waals surface area contributed by atoms with Crippen LogP contribution in [0.3, 0.4) is 0 Å². The number of hydrogen-bond acceptors (Lipinski definition) is 5. The number of phenolic OH excluding ortho intramolecular Hbond substituents is 1. The first kappa shape index (κ1) is 21.7. The Hall–Kier alpha value is -2.63. The summed E-state index contributed by atoms with van der Waals surface area (Å²) in [5, 5.41) is 22.0. The molecule has 8 heteroatoms. The molecule has 150 valence electrons. The van der Waals surface area contributed by atoms with Crippen molar-refractivity contribution < 1.29 is 29.3 Å². The Labute approximate surface area is 165 Å². The molecule has 0 aliphatic carbocycles. The number of aliphatic carboxylic acids is 1. The minimum Gasteiger partial charge on any atom is -0.508 e. The van der Waals surface area contributed by atoms with Crippen LogP contribution in [0.15, 0.2) is 42.5 Å². The van der Waals surface area contributed by atoms with Gasteiger partial charge in [-0.15, -0.1) is 9.24 Å². The van der Waals surface area contributed by atoms with E-state index in [9.17, 15) is 19.8 Å². The van der Waals surface area contributed by atoms with Crippen molar-refractivity contribution in [3.05, 3.63) is 53.6 Å². The molecule has 0 saturated carbocycles. The van der Waals surface area contributed by atoms with Crippen molar-refractivity contribution in [1.29, 1.82) is 0 Å². The molecule has 0 aliphatic rings. The standard InChI is InChI=1S/C20H24NO6P/c1-12(2)27-17(19(23)24)10-13-3-8-18(28)14(9-13)11-26-20(25)21-15-4-6-16(22)7-5-15/h3-9,12,17,22H,10-11,28H2,1-2H3,(H,21,25)(H,23,24). The Bertz CT molecular complexity index is 822. The van der Waals surface area contributed by atoms with Gasteiger partial charge in [0.15, 0.2) is 6.10 Å². The monoisotopic (exact) mass is 405 g/mol. The number of nitrogens with one attached hydrogen (secondary N) is 1. The molecule has 0 heterocycles. The predicted octanol–water partition coefficient (Wildman–Crippen LogP) is 3.06. The Morgan fingerprint density at radius 3 is 2.43 bits per heavy atom. The summed E-state index contributed by atoms with van der Waals surface area (Å²) in [6.07, 6.45) is -1.56. The van der Waals surface area contributed by atoms with Crippen LogP contribution in [-0.2, 0) is 27.3 Å². The molecule has 0 bridgehead atoms. The predicted molar refractivity (Wildman–Crippen MR) is 109 cm³/mol. The average Bonchev–Trinajstić information content (AvgIpc) is 2.63. The Morgan fingerprint density at radius 2 is 1.82 bits per heavy atom. The number of hydrogen-bond donors (Lipinski definition) is 3. The number of anilines is 1. The van der Waals surface area contributed by atoms with Gasteiger partial charge >= 0.3 is 12.1 Å². The molecule has 7 nitrogen and oxygen atoms in total. The first-order valence-electron chi connectivity index (χ1n) is 8.73. The zero-order chi connectivity index (χ0) is 20.7. The van der Waals surface area contributed by atoms with E-state index in [-0.39, 0.29) is 24.9 Å². The zero-order valence-corrected chi connectivity index (χ0v) is 16.9. The number of aromatic hydroxyl groups is 1. The fraction of sp³-hybridized carbons (Fsp3) is 0.300. The van der Waals surface area contributed by atoms with Crippen LogP contribution in [0, 0.1) is 0 Å². The van der Waals surface area contributed by atoms with Crippen LogP contribution in [0.2, 0.25) is 0 Å². The number of phenols is 1. The van der Waals surface area contributed by atoms with Crippen LogP contribution in [0.1, 0.15) is 25.0 Å². The van der Waals surface area contributed by atoms with E-state index in [1.54, 1.807) is 32.0 Å². The molecule has 2 aromatic carbocycles. The third-order valence-electron chi connectivity index (χ3n) is 3.81. The maximum Gasteiger partial charge on any atom is 0.411 e. The van der Waals surface area contributed by atoms with Crippen molar-refractivity contribution >= 4 is 32.3 Å². The summed E-state index contributed by atoms with van der Waals surface area (Å²) >= 11 is 0. The van der Waals surface area contributed by atoms with Crippen molar-refractivity contribution in [2.75, 3.05) is 5.32 Å². The molecular weight excluding hydrogens is 381 g/mol. The molecule has 2 unspecified atom stereocenters. The Balaban J connectivity index is 1.99. The average molecular weight is 405 g/mol. The van der Waals surface area contributed by atoms with Crippen LogP contribution < -0.4 is 10.6 Å². The summed E-state index contributed by atoms with van der Waals surface area (Å²) in [5.74, 6) is -0.917. The fourth-order valence-electron chi connectivity index (χ4n) is 2.49. The van der Waals surface area contributed by atoms with Crippen molar-refractivity contribution in [3.8, 4) is 5.75 Å². The van der Waals surface area contributed by atoms with Crippen LogP contribution >= 0.6 is 9.24 Å². The second-order valence-electron chi connectivity index (χ2n) is 6.50. The van der Waals surface area contributed by atoms with Crippen LogP contribution in [0.4, 0.5) is 10.5 Å². The van der Waals surface area contributed by atoms with E-state index < -0.39 is 18.2 Å². The lowest BCUT2D eigenvalue weighted by atomic mass is 10.0. The molecule has 2 aromatic rings. The molecule has 2 atom stereocenters. The molecule has 0 aromatic heterocycles. The first-order chi connectivity index (χ1) is 13.2. The van der Waals surface area contributed by atoms with E-state index in [4.69, 9.17) is 9.47 Å². The molecule has 0 fully saturated rings. The van der Waals surface area contributed by atoms with E-state index in [0.29, 0.717) is 5.69 Å². The molecular formula is C20H24NO6P. The quantitative estimate of drug-likeness (QED) is 0.461. The summed E-state index contributed by atoms with van der Waals surface area (Å²) in [7, 11) is 2.56. The van der Waals surface area contributed by atoms with Crippen LogP contribution in [0.5, 0.6) is 5.75 Å². The van der Waals surface area contributed by atoms with Gasteiger partial charge in [-0.3, -0.25) is 5.32 Å². The number of amides is 1.